The minimum Gasteiger partial charge on any atom is -0.496 e. The molecule has 4 saturated carbocycles. The number of nitro groups is 1. The van der Waals surface area contributed by atoms with Crippen LogP contribution in [0.5, 0.6) is 5.75 Å². The fourth-order valence-corrected chi connectivity index (χ4v) is 10.3. The highest BCUT2D eigenvalue weighted by molar-refractivity contribution is 5.98. The summed E-state index contributed by atoms with van der Waals surface area (Å²) in [5, 5.41) is 18.9. The number of anilines is 1. The monoisotopic (exact) mass is 691 g/mol. The van der Waals surface area contributed by atoms with Gasteiger partial charge in [0.15, 0.2) is 0 Å². The second-order valence-corrected chi connectivity index (χ2v) is 16.5. The van der Waals surface area contributed by atoms with Crippen molar-refractivity contribution in [1.29, 1.82) is 0 Å². The van der Waals surface area contributed by atoms with Crippen LogP contribution in [0.2, 0.25) is 0 Å². The van der Waals surface area contributed by atoms with Crippen LogP contribution in [0, 0.1) is 33.3 Å². The van der Waals surface area contributed by atoms with Crippen molar-refractivity contribution in [2.75, 3.05) is 32.1 Å². The topological polar surface area (TPSA) is 117 Å². The highest BCUT2D eigenvalue weighted by atomic mass is 16.6. The first-order chi connectivity index (χ1) is 24.4. The van der Waals surface area contributed by atoms with Gasteiger partial charge in [-0.05, 0) is 85.1 Å². The number of nitro benzene ring substituents is 1. The maximum atomic E-state index is 13.9. The van der Waals surface area contributed by atoms with Crippen LogP contribution in [-0.2, 0) is 11.3 Å². The molecule has 0 radical (unpaired) electrons. The summed E-state index contributed by atoms with van der Waals surface area (Å²) in [6.45, 7) is 9.03. The molecule has 5 fully saturated rings. The summed E-state index contributed by atoms with van der Waals surface area (Å²) in [7, 11) is 3.63. The first-order valence-corrected chi connectivity index (χ1v) is 18.5. The van der Waals surface area contributed by atoms with Crippen molar-refractivity contribution in [3.05, 3.63) is 87.5 Å². The molecule has 2 bridgehead atoms. The molecule has 2 aliphatic heterocycles. The van der Waals surface area contributed by atoms with Crippen molar-refractivity contribution in [3.8, 4) is 16.9 Å². The SMILES string of the molecule is COc1c(CN2CCCC2C(=O)N[C@H]2C[C@H]3C[C@@H](C2C)C3(C)C)cccc1-c1cc(C(=O)NC23CC2c2ccccc2N(C)C3)cc([N+](=O)[O-])c1. The lowest BCUT2D eigenvalue weighted by molar-refractivity contribution is -0.384. The first-order valence-electron chi connectivity index (χ1n) is 18.5. The molecular weight excluding hydrogens is 642 g/mol. The molecule has 268 valence electrons. The average molecular weight is 692 g/mol. The van der Waals surface area contributed by atoms with E-state index in [1.165, 1.54) is 29.8 Å². The highest BCUT2D eigenvalue weighted by Gasteiger charge is 2.60. The number of non-ortho nitro benzene ring substituents is 1. The largest absolute Gasteiger partial charge is 0.496 e. The molecule has 9 rings (SSSR count). The fourth-order valence-electron chi connectivity index (χ4n) is 10.3. The molecule has 10 nitrogen and oxygen atoms in total. The number of fused-ring (bicyclic) bond motifs is 5. The number of benzene rings is 3. The van der Waals surface area contributed by atoms with Crippen LogP contribution in [0.3, 0.4) is 0 Å². The number of hydrogen-bond acceptors (Lipinski definition) is 7. The Morgan fingerprint density at radius 1 is 1.08 bits per heavy atom. The normalized spacial score (nSPS) is 30.0. The van der Waals surface area contributed by atoms with E-state index in [1.807, 2.05) is 37.4 Å². The van der Waals surface area contributed by atoms with Gasteiger partial charge in [-0.1, -0.05) is 57.2 Å². The van der Waals surface area contributed by atoms with Gasteiger partial charge >= 0.3 is 0 Å². The molecule has 51 heavy (non-hydrogen) atoms. The number of likely N-dealkylation sites (N-methyl/N-ethyl adjacent to an activating group) is 1. The van der Waals surface area contributed by atoms with Gasteiger partial charge in [0, 0.05) is 66.6 Å². The number of rotatable bonds is 9. The second-order valence-electron chi connectivity index (χ2n) is 16.5. The third-order valence-electron chi connectivity index (χ3n) is 13.4. The average Bonchev–Trinajstić information content (AvgIpc) is 3.63. The Labute approximate surface area is 300 Å². The van der Waals surface area contributed by atoms with Gasteiger partial charge in [-0.15, -0.1) is 0 Å². The summed E-state index contributed by atoms with van der Waals surface area (Å²) in [5.74, 6) is 2.38. The summed E-state index contributed by atoms with van der Waals surface area (Å²) in [4.78, 5) is 43.7. The summed E-state index contributed by atoms with van der Waals surface area (Å²) in [6.07, 6.45) is 4.89. The van der Waals surface area contributed by atoms with E-state index < -0.39 is 10.5 Å². The van der Waals surface area contributed by atoms with Gasteiger partial charge < -0.3 is 20.3 Å². The molecule has 3 aromatic carbocycles. The summed E-state index contributed by atoms with van der Waals surface area (Å²) >= 11 is 0. The predicted octanol–water partition coefficient (Wildman–Crippen LogP) is 6.53. The smallest absolute Gasteiger partial charge is 0.270 e. The van der Waals surface area contributed by atoms with E-state index in [0.29, 0.717) is 53.1 Å². The molecule has 2 amide bonds. The third-order valence-corrected chi connectivity index (χ3v) is 13.4. The molecule has 3 aromatic rings. The number of hydrogen-bond donors (Lipinski definition) is 2. The number of nitrogens with zero attached hydrogens (tertiary/aromatic N) is 3. The molecule has 2 N–H and O–H groups in total. The maximum absolute atomic E-state index is 13.9. The Balaban J connectivity index is 1.02. The maximum Gasteiger partial charge on any atom is 0.270 e. The van der Waals surface area contributed by atoms with Crippen LogP contribution >= 0.6 is 0 Å². The molecule has 10 heteroatoms. The lowest BCUT2D eigenvalue weighted by Gasteiger charge is -2.62. The quantitative estimate of drug-likeness (QED) is 0.194. The minimum absolute atomic E-state index is 0.109. The lowest BCUT2D eigenvalue weighted by atomic mass is 9.45. The van der Waals surface area contributed by atoms with Gasteiger partial charge in [-0.25, -0.2) is 0 Å². The first kappa shape index (κ1) is 33.7. The zero-order valence-electron chi connectivity index (χ0n) is 30.3. The summed E-state index contributed by atoms with van der Waals surface area (Å²) in [5.41, 5.74) is 4.52. The summed E-state index contributed by atoms with van der Waals surface area (Å²) < 4.78 is 6.00. The van der Waals surface area contributed by atoms with Crippen LogP contribution in [-0.4, -0.2) is 66.5 Å². The highest BCUT2D eigenvalue weighted by Crippen LogP contribution is 2.61. The van der Waals surface area contributed by atoms with Crippen LogP contribution in [0.1, 0.15) is 80.3 Å². The lowest BCUT2D eigenvalue weighted by Crippen LogP contribution is -2.61. The molecule has 4 unspecified atom stereocenters. The molecule has 0 spiro atoms. The minimum atomic E-state index is -0.454. The molecule has 0 aromatic heterocycles. The Morgan fingerprint density at radius 2 is 1.88 bits per heavy atom. The number of carbonyl (C=O) groups is 2. The number of carbonyl (C=O) groups excluding carboxylic acids is 2. The van der Waals surface area contributed by atoms with E-state index in [2.05, 4.69) is 53.3 Å². The van der Waals surface area contributed by atoms with E-state index in [4.69, 9.17) is 4.74 Å². The van der Waals surface area contributed by atoms with Crippen LogP contribution in [0.15, 0.2) is 60.7 Å². The van der Waals surface area contributed by atoms with Crippen molar-refractivity contribution < 1.29 is 19.2 Å². The van der Waals surface area contributed by atoms with E-state index in [0.717, 1.165) is 37.8 Å². The summed E-state index contributed by atoms with van der Waals surface area (Å²) in [6, 6.07) is 18.6. The molecule has 6 aliphatic rings. The van der Waals surface area contributed by atoms with Gasteiger partial charge in [0.05, 0.1) is 23.6 Å². The fraction of sp³-hybridized carbons (Fsp3) is 0.512. The Kier molecular flexibility index (Phi) is 8.16. The van der Waals surface area contributed by atoms with Gasteiger partial charge in [-0.2, -0.15) is 0 Å². The number of likely N-dealkylation sites (tertiary alicyclic amines) is 1. The number of ether oxygens (including phenoxy) is 1. The van der Waals surface area contributed by atoms with E-state index >= 15 is 0 Å². The number of nitrogens with one attached hydrogen (secondary N) is 2. The van der Waals surface area contributed by atoms with Crippen molar-refractivity contribution in [2.45, 2.75) is 83.0 Å². The molecule has 4 aliphatic carbocycles. The van der Waals surface area contributed by atoms with Gasteiger partial charge in [-0.3, -0.25) is 24.6 Å². The number of amides is 2. The van der Waals surface area contributed by atoms with Crippen molar-refractivity contribution in [2.24, 2.45) is 23.2 Å². The van der Waals surface area contributed by atoms with Crippen molar-refractivity contribution >= 4 is 23.2 Å². The molecule has 1 saturated heterocycles. The van der Waals surface area contributed by atoms with E-state index in [-0.39, 0.29) is 41.1 Å². The van der Waals surface area contributed by atoms with E-state index in [1.54, 1.807) is 13.2 Å². The molecule has 7 atom stereocenters. The Hall–Kier alpha value is -4.44. The predicted molar refractivity (Wildman–Crippen MR) is 197 cm³/mol. The van der Waals surface area contributed by atoms with Crippen LogP contribution in [0.4, 0.5) is 11.4 Å². The number of methoxy groups -OCH3 is 1. The van der Waals surface area contributed by atoms with Crippen LogP contribution in [0.25, 0.3) is 11.1 Å². The van der Waals surface area contributed by atoms with Crippen molar-refractivity contribution in [1.82, 2.24) is 15.5 Å². The Morgan fingerprint density at radius 3 is 2.63 bits per heavy atom. The van der Waals surface area contributed by atoms with Crippen LogP contribution < -0.4 is 20.3 Å². The molecular formula is C41H49N5O5. The zero-order valence-corrected chi connectivity index (χ0v) is 30.3. The third kappa shape index (κ3) is 5.66. The van der Waals surface area contributed by atoms with Gasteiger partial charge in [0.25, 0.3) is 11.6 Å². The molecule has 2 heterocycles. The zero-order chi connectivity index (χ0) is 35.8. The number of para-hydroxylation sites is 2. The standard InChI is InChI=1S/C41H49N5O5/c1-24-32-19-28(40(32,2)3)20-34(24)42-39(48)36-14-9-15-45(36)22-25-10-8-12-30(37(25)51-5)26-16-27(18-29(17-26)46(49)50)38(47)43-41-21-33(41)31-11-6-7-13-35(31)44(4)23-41/h6-8,10-13,16-18,24,28,32-34,36H,9,14-15,19-23H2,1-5H3,(H,42,48)(H,43,47)/t24?,28-,32+,33?,34+,36?,41?/m1/s1. The van der Waals surface area contributed by atoms with Gasteiger partial charge in [0.1, 0.15) is 5.75 Å². The Bertz CT molecular complexity index is 1910. The van der Waals surface area contributed by atoms with Gasteiger partial charge in [0.2, 0.25) is 5.91 Å². The van der Waals surface area contributed by atoms with E-state index in [9.17, 15) is 19.7 Å². The van der Waals surface area contributed by atoms with Crippen molar-refractivity contribution in [3.63, 3.8) is 0 Å². The second kappa shape index (κ2) is 12.4.